The Kier molecular flexibility index (Phi) is 5.58. The van der Waals surface area contributed by atoms with E-state index in [0.29, 0.717) is 24.6 Å². The summed E-state index contributed by atoms with van der Waals surface area (Å²) < 4.78 is 12.9. The maximum absolute atomic E-state index is 12.9. The highest BCUT2D eigenvalue weighted by atomic mass is 19.1. The second kappa shape index (κ2) is 8.05. The minimum absolute atomic E-state index is 0.242. The number of carbonyl (C=O) groups is 1. The summed E-state index contributed by atoms with van der Waals surface area (Å²) in [5.41, 5.74) is 1.29. The topological polar surface area (TPSA) is 58.1 Å². The lowest BCUT2D eigenvalue weighted by Gasteiger charge is -2.31. The van der Waals surface area contributed by atoms with Gasteiger partial charge in [0.2, 0.25) is 0 Å². The predicted molar refractivity (Wildman–Crippen MR) is 95.1 cm³/mol. The Bertz CT molecular complexity index is 702. The molecule has 0 saturated carbocycles. The average molecular weight is 342 g/mol. The summed E-state index contributed by atoms with van der Waals surface area (Å²) in [5.74, 6) is 0.985. The summed E-state index contributed by atoms with van der Waals surface area (Å²) in [6, 6.07) is 9.85. The minimum atomic E-state index is -0.258. The van der Waals surface area contributed by atoms with Crippen molar-refractivity contribution in [3.8, 4) is 0 Å². The fourth-order valence-corrected chi connectivity index (χ4v) is 3.07. The van der Waals surface area contributed by atoms with Crippen molar-refractivity contribution in [2.24, 2.45) is 5.92 Å². The first-order valence-electron chi connectivity index (χ1n) is 8.73. The van der Waals surface area contributed by atoms with Crippen molar-refractivity contribution in [3.63, 3.8) is 0 Å². The summed E-state index contributed by atoms with van der Waals surface area (Å²) in [7, 11) is 0. The van der Waals surface area contributed by atoms with Crippen molar-refractivity contribution in [2.45, 2.75) is 26.2 Å². The predicted octanol–water partition coefficient (Wildman–Crippen LogP) is 2.82. The van der Waals surface area contributed by atoms with Gasteiger partial charge in [0.15, 0.2) is 11.5 Å². The minimum Gasteiger partial charge on any atom is -0.355 e. The monoisotopic (exact) mass is 342 g/mol. The Hall–Kier alpha value is -2.50. The lowest BCUT2D eigenvalue weighted by Crippen LogP contribution is -2.35. The van der Waals surface area contributed by atoms with Crippen LogP contribution in [0.3, 0.4) is 0 Å². The molecule has 0 spiro atoms. The zero-order chi connectivity index (χ0) is 17.6. The van der Waals surface area contributed by atoms with Crippen LogP contribution in [0, 0.1) is 11.7 Å². The second-order valence-electron chi connectivity index (χ2n) is 6.60. The summed E-state index contributed by atoms with van der Waals surface area (Å²) in [6.45, 7) is 4.68. The van der Waals surface area contributed by atoms with Gasteiger partial charge in [-0.3, -0.25) is 4.79 Å². The number of carbonyl (C=O) groups excluding carboxylic acids is 1. The fourth-order valence-electron chi connectivity index (χ4n) is 3.07. The third-order valence-electron chi connectivity index (χ3n) is 4.48. The highest BCUT2D eigenvalue weighted by Crippen LogP contribution is 2.20. The number of halogens is 1. The first kappa shape index (κ1) is 17.3. The van der Waals surface area contributed by atoms with Gasteiger partial charge < -0.3 is 10.2 Å². The average Bonchev–Trinajstić information content (AvgIpc) is 2.63. The molecule has 0 radical (unpaired) electrons. The molecule has 1 aliphatic heterocycles. The molecular weight excluding hydrogens is 319 g/mol. The molecule has 1 atom stereocenters. The van der Waals surface area contributed by atoms with E-state index in [4.69, 9.17) is 0 Å². The molecule has 1 aromatic heterocycles. The fraction of sp³-hybridized carbons (Fsp3) is 0.421. The van der Waals surface area contributed by atoms with Crippen LogP contribution in [-0.2, 0) is 6.42 Å². The van der Waals surface area contributed by atoms with E-state index in [1.165, 1.54) is 18.6 Å². The standard InChI is InChI=1S/C19H23FN4O/c1-14-3-2-12-24(13-14)18-9-8-17(22-23-18)19(25)21-11-10-15-4-6-16(20)7-5-15/h4-9,14H,2-3,10-13H2,1H3,(H,21,25). The molecule has 2 aromatic rings. The van der Waals surface area contributed by atoms with Gasteiger partial charge in [0.05, 0.1) is 0 Å². The van der Waals surface area contributed by atoms with E-state index >= 15 is 0 Å². The molecule has 1 aromatic carbocycles. The normalized spacial score (nSPS) is 17.4. The first-order valence-corrected chi connectivity index (χ1v) is 8.73. The second-order valence-corrected chi connectivity index (χ2v) is 6.60. The van der Waals surface area contributed by atoms with Crippen molar-refractivity contribution < 1.29 is 9.18 Å². The number of aromatic nitrogens is 2. The van der Waals surface area contributed by atoms with Crippen LogP contribution in [-0.4, -0.2) is 35.7 Å². The molecule has 1 amide bonds. The maximum Gasteiger partial charge on any atom is 0.271 e. The molecule has 5 nitrogen and oxygen atoms in total. The summed E-state index contributed by atoms with van der Waals surface area (Å²) in [6.07, 6.45) is 3.05. The van der Waals surface area contributed by atoms with Crippen molar-refractivity contribution in [1.29, 1.82) is 0 Å². The number of amides is 1. The van der Waals surface area contributed by atoms with E-state index in [0.717, 1.165) is 30.9 Å². The molecule has 0 bridgehead atoms. The number of nitrogens with one attached hydrogen (secondary N) is 1. The Balaban J connectivity index is 1.51. The number of benzene rings is 1. The molecule has 25 heavy (non-hydrogen) atoms. The quantitative estimate of drug-likeness (QED) is 0.908. The van der Waals surface area contributed by atoms with E-state index in [1.807, 2.05) is 6.07 Å². The number of anilines is 1. The van der Waals surface area contributed by atoms with Gasteiger partial charge in [-0.1, -0.05) is 19.1 Å². The van der Waals surface area contributed by atoms with Gasteiger partial charge in [0.25, 0.3) is 5.91 Å². The number of piperidine rings is 1. The maximum atomic E-state index is 12.9. The van der Waals surface area contributed by atoms with Crippen LogP contribution in [0.1, 0.15) is 35.8 Å². The van der Waals surface area contributed by atoms with E-state index in [-0.39, 0.29) is 11.7 Å². The largest absolute Gasteiger partial charge is 0.355 e. The van der Waals surface area contributed by atoms with E-state index in [9.17, 15) is 9.18 Å². The Morgan fingerprint density at radius 2 is 2.04 bits per heavy atom. The van der Waals surface area contributed by atoms with Gasteiger partial charge in [-0.2, -0.15) is 0 Å². The van der Waals surface area contributed by atoms with Gasteiger partial charge in [-0.15, -0.1) is 10.2 Å². The van der Waals surface area contributed by atoms with Crippen LogP contribution in [0.15, 0.2) is 36.4 Å². The summed E-state index contributed by atoms with van der Waals surface area (Å²) >= 11 is 0. The first-order chi connectivity index (χ1) is 12.1. The van der Waals surface area contributed by atoms with Crippen LogP contribution >= 0.6 is 0 Å². The van der Waals surface area contributed by atoms with Crippen LogP contribution in [0.4, 0.5) is 10.2 Å². The number of hydrogen-bond acceptors (Lipinski definition) is 4. The van der Waals surface area contributed by atoms with Crippen LogP contribution in [0.25, 0.3) is 0 Å². The lowest BCUT2D eigenvalue weighted by molar-refractivity contribution is 0.0948. The molecule has 2 heterocycles. The Labute approximate surface area is 147 Å². The third kappa shape index (κ3) is 4.75. The number of hydrogen-bond donors (Lipinski definition) is 1. The molecule has 132 valence electrons. The summed E-state index contributed by atoms with van der Waals surface area (Å²) in [4.78, 5) is 14.4. The van der Waals surface area contributed by atoms with E-state index in [2.05, 4.69) is 27.3 Å². The van der Waals surface area contributed by atoms with Gasteiger partial charge in [0.1, 0.15) is 5.82 Å². The molecule has 1 fully saturated rings. The van der Waals surface area contributed by atoms with Crippen LogP contribution in [0.5, 0.6) is 0 Å². The highest BCUT2D eigenvalue weighted by molar-refractivity contribution is 5.92. The zero-order valence-electron chi connectivity index (χ0n) is 14.4. The molecule has 1 saturated heterocycles. The van der Waals surface area contributed by atoms with Gasteiger partial charge in [0, 0.05) is 19.6 Å². The van der Waals surface area contributed by atoms with E-state index < -0.39 is 0 Å². The smallest absolute Gasteiger partial charge is 0.271 e. The highest BCUT2D eigenvalue weighted by Gasteiger charge is 2.18. The van der Waals surface area contributed by atoms with E-state index in [1.54, 1.807) is 18.2 Å². The molecule has 0 aliphatic carbocycles. The van der Waals surface area contributed by atoms with Crippen molar-refractivity contribution >= 4 is 11.7 Å². The Morgan fingerprint density at radius 3 is 2.72 bits per heavy atom. The SMILES string of the molecule is CC1CCCN(c2ccc(C(=O)NCCc3ccc(F)cc3)nn2)C1. The van der Waals surface area contributed by atoms with Crippen molar-refractivity contribution in [3.05, 3.63) is 53.5 Å². The summed E-state index contributed by atoms with van der Waals surface area (Å²) in [5, 5.41) is 11.1. The molecule has 6 heteroatoms. The van der Waals surface area contributed by atoms with Gasteiger partial charge in [-0.25, -0.2) is 4.39 Å². The molecule has 1 aliphatic rings. The Morgan fingerprint density at radius 1 is 1.24 bits per heavy atom. The molecule has 1 N–H and O–H groups in total. The van der Waals surface area contributed by atoms with Gasteiger partial charge in [-0.05, 0) is 55.0 Å². The lowest BCUT2D eigenvalue weighted by atomic mass is 10.0. The van der Waals surface area contributed by atoms with Crippen molar-refractivity contribution in [1.82, 2.24) is 15.5 Å². The zero-order valence-corrected chi connectivity index (χ0v) is 14.4. The molecule has 1 unspecified atom stereocenters. The van der Waals surface area contributed by atoms with Crippen molar-refractivity contribution in [2.75, 3.05) is 24.5 Å². The molecular formula is C19H23FN4O. The third-order valence-corrected chi connectivity index (χ3v) is 4.48. The number of nitrogens with zero attached hydrogens (tertiary/aromatic N) is 3. The van der Waals surface area contributed by atoms with Crippen LogP contribution in [0.2, 0.25) is 0 Å². The van der Waals surface area contributed by atoms with Gasteiger partial charge >= 0.3 is 0 Å². The number of rotatable bonds is 5. The molecule has 3 rings (SSSR count). The van der Waals surface area contributed by atoms with Crippen LogP contribution < -0.4 is 10.2 Å².